The van der Waals surface area contributed by atoms with Gasteiger partial charge in [-0.05, 0) is 59.2 Å². The van der Waals surface area contributed by atoms with Crippen molar-refractivity contribution in [1.82, 2.24) is 13.9 Å². The van der Waals surface area contributed by atoms with Gasteiger partial charge in [0.15, 0.2) is 0 Å². The second kappa shape index (κ2) is 12.0. The molecule has 41 heavy (non-hydrogen) atoms. The zero-order valence-corrected chi connectivity index (χ0v) is 23.3. The van der Waals surface area contributed by atoms with Crippen LogP contribution >= 0.6 is 11.6 Å². The van der Waals surface area contributed by atoms with Gasteiger partial charge in [-0.25, -0.2) is 13.4 Å². The Morgan fingerprint density at radius 3 is 2.34 bits per heavy atom. The van der Waals surface area contributed by atoms with Gasteiger partial charge in [-0.2, -0.15) is 4.31 Å². The Morgan fingerprint density at radius 2 is 1.66 bits per heavy atom. The van der Waals surface area contributed by atoms with Crippen molar-refractivity contribution in [3.05, 3.63) is 107 Å². The fourth-order valence-electron chi connectivity index (χ4n) is 4.61. The van der Waals surface area contributed by atoms with Crippen molar-refractivity contribution >= 4 is 39.5 Å². The highest BCUT2D eigenvalue weighted by Gasteiger charge is 2.33. The van der Waals surface area contributed by atoms with Crippen LogP contribution in [-0.2, 0) is 16.6 Å². The molecule has 0 amide bonds. The Labute approximate surface area is 241 Å². The van der Waals surface area contributed by atoms with Gasteiger partial charge in [-0.3, -0.25) is 0 Å². The Hall–Kier alpha value is -3.80. The van der Waals surface area contributed by atoms with Crippen LogP contribution in [0.5, 0.6) is 5.75 Å². The molecule has 0 bridgehead atoms. The van der Waals surface area contributed by atoms with Crippen LogP contribution in [0.2, 0.25) is 5.02 Å². The van der Waals surface area contributed by atoms with E-state index in [-0.39, 0.29) is 18.0 Å². The summed E-state index contributed by atoms with van der Waals surface area (Å²) in [4.78, 5) is 5.90. The van der Waals surface area contributed by atoms with Crippen molar-refractivity contribution < 1.29 is 26.3 Å². The summed E-state index contributed by atoms with van der Waals surface area (Å²) in [6.07, 6.45) is 4.48. The summed E-state index contributed by atoms with van der Waals surface area (Å²) >= 11 is 6.33. The highest BCUT2D eigenvalue weighted by molar-refractivity contribution is 7.89. The summed E-state index contributed by atoms with van der Waals surface area (Å²) in [6.45, 7) is 1.95. The van der Waals surface area contributed by atoms with Crippen LogP contribution in [0.25, 0.3) is 12.2 Å². The van der Waals surface area contributed by atoms with E-state index in [1.807, 2.05) is 59.3 Å². The molecule has 4 aromatic rings. The minimum Gasteiger partial charge on any atom is -0.406 e. The van der Waals surface area contributed by atoms with Crippen molar-refractivity contribution in [1.29, 1.82) is 0 Å². The fraction of sp³-hybridized carbons (Fsp3) is 0.207. The summed E-state index contributed by atoms with van der Waals surface area (Å²) in [5.74, 6) is -0.573. The maximum atomic E-state index is 13.1. The van der Waals surface area contributed by atoms with Crippen molar-refractivity contribution in [3.63, 3.8) is 0 Å². The Bertz CT molecular complexity index is 1620. The van der Waals surface area contributed by atoms with Gasteiger partial charge in [-0.1, -0.05) is 42.0 Å². The molecule has 1 fully saturated rings. The standard InChI is InChI=1S/C29H26ClF3N4O3S/c30-25-17-23(16-24(18-25)20-35-11-10-34-21-35)5-4-22-6-8-26(9-7-22)36-12-14-37(15-13-36)41(38,39)28-3-1-2-27(19-28)40-29(31,32)33/h1-11,16-19,21H,12-15,20H2. The van der Waals surface area contributed by atoms with Gasteiger partial charge >= 0.3 is 6.36 Å². The van der Waals surface area contributed by atoms with E-state index < -0.39 is 22.1 Å². The number of ether oxygens (including phenoxy) is 1. The topological polar surface area (TPSA) is 67.7 Å². The van der Waals surface area contributed by atoms with Gasteiger partial charge in [0.2, 0.25) is 10.0 Å². The molecule has 0 atom stereocenters. The number of piperazine rings is 1. The number of anilines is 1. The molecule has 214 valence electrons. The van der Waals surface area contributed by atoms with E-state index in [1.165, 1.54) is 16.4 Å². The molecule has 1 aliphatic rings. The highest BCUT2D eigenvalue weighted by Crippen LogP contribution is 2.28. The molecule has 0 spiro atoms. The third-order valence-corrected chi connectivity index (χ3v) is 8.66. The van der Waals surface area contributed by atoms with Crippen molar-refractivity contribution in [2.75, 3.05) is 31.1 Å². The first-order valence-electron chi connectivity index (χ1n) is 12.7. The minimum atomic E-state index is -4.90. The number of benzene rings is 3. The second-order valence-corrected chi connectivity index (χ2v) is 11.8. The van der Waals surface area contributed by atoms with E-state index in [1.54, 1.807) is 12.5 Å². The van der Waals surface area contributed by atoms with Crippen LogP contribution in [0.4, 0.5) is 18.9 Å². The molecule has 2 heterocycles. The predicted octanol–water partition coefficient (Wildman–Crippen LogP) is 6.16. The SMILES string of the molecule is O=S(=O)(c1cccc(OC(F)(F)F)c1)N1CCN(c2ccc(C=Cc3cc(Cl)cc(Cn4ccnc4)c3)cc2)CC1. The lowest BCUT2D eigenvalue weighted by molar-refractivity contribution is -0.274. The molecule has 1 saturated heterocycles. The molecule has 3 aromatic carbocycles. The largest absolute Gasteiger partial charge is 0.573 e. The number of aromatic nitrogens is 2. The smallest absolute Gasteiger partial charge is 0.406 e. The second-order valence-electron chi connectivity index (χ2n) is 9.47. The first kappa shape index (κ1) is 28.7. The summed E-state index contributed by atoms with van der Waals surface area (Å²) in [5.41, 5.74) is 3.98. The first-order valence-corrected chi connectivity index (χ1v) is 14.5. The summed E-state index contributed by atoms with van der Waals surface area (Å²) < 4.78 is 70.9. The van der Waals surface area contributed by atoms with Crippen LogP contribution in [0.1, 0.15) is 16.7 Å². The molecule has 1 aromatic heterocycles. The molecule has 0 unspecified atom stereocenters. The number of halogens is 4. The van der Waals surface area contributed by atoms with Gasteiger partial charge in [0.25, 0.3) is 0 Å². The van der Waals surface area contributed by atoms with E-state index in [9.17, 15) is 21.6 Å². The number of hydrogen-bond acceptors (Lipinski definition) is 5. The average Bonchev–Trinajstić information content (AvgIpc) is 3.44. The van der Waals surface area contributed by atoms with Crippen LogP contribution < -0.4 is 9.64 Å². The Morgan fingerprint density at radius 1 is 0.927 bits per heavy atom. The highest BCUT2D eigenvalue weighted by atomic mass is 35.5. The fourth-order valence-corrected chi connectivity index (χ4v) is 6.33. The van der Waals surface area contributed by atoms with E-state index in [2.05, 4.69) is 20.7 Å². The molecule has 7 nitrogen and oxygen atoms in total. The van der Waals surface area contributed by atoms with Crippen LogP contribution in [0.3, 0.4) is 0 Å². The predicted molar refractivity (Wildman–Crippen MR) is 152 cm³/mol. The zero-order valence-electron chi connectivity index (χ0n) is 21.7. The van der Waals surface area contributed by atoms with Gasteiger partial charge in [0.1, 0.15) is 5.75 Å². The molecule has 5 rings (SSSR count). The lowest BCUT2D eigenvalue weighted by Crippen LogP contribution is -2.48. The number of nitrogens with zero attached hydrogens (tertiary/aromatic N) is 4. The van der Waals surface area contributed by atoms with Crippen LogP contribution in [0, 0.1) is 0 Å². The molecule has 0 aliphatic carbocycles. The van der Waals surface area contributed by atoms with Crippen LogP contribution in [0.15, 0.2) is 90.3 Å². The van der Waals surface area contributed by atoms with E-state index in [4.69, 9.17) is 11.6 Å². The van der Waals surface area contributed by atoms with Crippen molar-refractivity contribution in [3.8, 4) is 5.75 Å². The van der Waals surface area contributed by atoms with Gasteiger partial charge in [-0.15, -0.1) is 13.2 Å². The van der Waals surface area contributed by atoms with Gasteiger partial charge in [0, 0.05) is 61.9 Å². The summed E-state index contributed by atoms with van der Waals surface area (Å²) in [7, 11) is -3.97. The van der Waals surface area contributed by atoms with E-state index in [0.717, 1.165) is 34.5 Å². The normalized spacial score (nSPS) is 15.0. The van der Waals surface area contributed by atoms with E-state index in [0.29, 0.717) is 24.7 Å². The Balaban J connectivity index is 1.20. The number of rotatable bonds is 8. The van der Waals surface area contributed by atoms with Crippen molar-refractivity contribution in [2.45, 2.75) is 17.8 Å². The molecular weight excluding hydrogens is 577 g/mol. The number of imidazole rings is 1. The van der Waals surface area contributed by atoms with E-state index >= 15 is 0 Å². The summed E-state index contributed by atoms with van der Waals surface area (Å²) in [6, 6.07) is 18.3. The molecule has 0 saturated carbocycles. The molecule has 1 aliphatic heterocycles. The maximum absolute atomic E-state index is 13.1. The quantitative estimate of drug-likeness (QED) is 0.226. The third-order valence-electron chi connectivity index (χ3n) is 6.55. The number of sulfonamides is 1. The third kappa shape index (κ3) is 7.49. The molecule has 12 heteroatoms. The average molecular weight is 603 g/mol. The lowest BCUT2D eigenvalue weighted by Gasteiger charge is -2.35. The minimum absolute atomic E-state index is 0.199. The Kier molecular flexibility index (Phi) is 8.39. The monoisotopic (exact) mass is 602 g/mol. The number of hydrogen-bond donors (Lipinski definition) is 0. The zero-order chi connectivity index (χ0) is 29.0. The van der Waals surface area contributed by atoms with Gasteiger partial charge < -0.3 is 14.2 Å². The first-order chi connectivity index (χ1) is 19.5. The number of alkyl halides is 3. The molecular formula is C29H26ClF3N4O3S. The maximum Gasteiger partial charge on any atom is 0.573 e. The van der Waals surface area contributed by atoms with Gasteiger partial charge in [0.05, 0.1) is 11.2 Å². The van der Waals surface area contributed by atoms with Crippen LogP contribution in [-0.4, -0.2) is 54.8 Å². The van der Waals surface area contributed by atoms with Crippen molar-refractivity contribution in [2.24, 2.45) is 0 Å². The summed E-state index contributed by atoms with van der Waals surface area (Å²) in [5, 5.41) is 0.654. The molecule has 0 N–H and O–H groups in total. The lowest BCUT2D eigenvalue weighted by atomic mass is 10.1. The molecule has 0 radical (unpaired) electrons.